The minimum Gasteiger partial charge on any atom is -0.399 e. The first kappa shape index (κ1) is 15.1. The highest BCUT2D eigenvalue weighted by Gasteiger charge is 2.29. The van der Waals surface area contributed by atoms with Gasteiger partial charge in [0, 0.05) is 5.69 Å². The fourth-order valence-electron chi connectivity index (χ4n) is 1.10. The molecule has 0 bridgehead atoms. The fourth-order valence-corrected chi connectivity index (χ4v) is 1.99. The van der Waals surface area contributed by atoms with Gasteiger partial charge in [0.05, 0.1) is 11.3 Å². The molecule has 0 aliphatic carbocycles. The van der Waals surface area contributed by atoms with E-state index in [1.54, 1.807) is 6.07 Å². The number of halogens is 3. The molecular formula is C9H9F3N4O2S. The molecule has 0 fully saturated rings. The zero-order valence-electron chi connectivity index (χ0n) is 9.32. The predicted octanol–water partition coefficient (Wildman–Crippen LogP) is 0.949. The van der Waals surface area contributed by atoms with Crippen molar-refractivity contribution in [3.63, 3.8) is 0 Å². The number of rotatable bonds is 4. The summed E-state index contributed by atoms with van der Waals surface area (Å²) in [6, 6.07) is 5.36. The lowest BCUT2D eigenvalue weighted by Crippen LogP contribution is -2.37. The van der Waals surface area contributed by atoms with E-state index in [0.29, 0.717) is 0 Å². The molecule has 0 heterocycles. The maximum absolute atomic E-state index is 11.9. The average molecular weight is 294 g/mol. The molecule has 1 aromatic rings. The van der Waals surface area contributed by atoms with Gasteiger partial charge in [0.2, 0.25) is 0 Å². The molecule has 0 radical (unpaired) electrons. The van der Waals surface area contributed by atoms with Crippen LogP contribution in [0.2, 0.25) is 0 Å². The second-order valence-electron chi connectivity index (χ2n) is 3.46. The number of anilines is 2. The van der Waals surface area contributed by atoms with Gasteiger partial charge in [-0.15, -0.1) is 0 Å². The number of nitrogens with two attached hydrogens (primary N) is 1. The number of alkyl halides is 3. The second-order valence-corrected chi connectivity index (χ2v) is 4.96. The van der Waals surface area contributed by atoms with Crippen LogP contribution in [0.15, 0.2) is 18.2 Å². The topological polar surface area (TPSA) is 108 Å². The van der Waals surface area contributed by atoms with Gasteiger partial charge in [-0.1, -0.05) is 0 Å². The summed E-state index contributed by atoms with van der Waals surface area (Å²) in [5, 5.41) is 8.76. The molecule has 4 N–H and O–H groups in total. The van der Waals surface area contributed by atoms with Crippen LogP contribution in [0.5, 0.6) is 0 Å². The lowest BCUT2D eigenvalue weighted by atomic mass is 10.2. The Labute approximate surface area is 107 Å². The van der Waals surface area contributed by atoms with Crippen molar-refractivity contribution in [3.05, 3.63) is 23.8 Å². The Morgan fingerprint density at radius 3 is 2.53 bits per heavy atom. The van der Waals surface area contributed by atoms with Crippen LogP contribution in [0.4, 0.5) is 24.5 Å². The van der Waals surface area contributed by atoms with Crippen molar-refractivity contribution in [2.24, 2.45) is 0 Å². The van der Waals surface area contributed by atoms with E-state index in [9.17, 15) is 21.6 Å². The highest BCUT2D eigenvalue weighted by atomic mass is 32.2. The summed E-state index contributed by atoms with van der Waals surface area (Å²) in [6.07, 6.45) is -4.67. The van der Waals surface area contributed by atoms with Crippen molar-refractivity contribution in [3.8, 4) is 6.07 Å². The Kier molecular flexibility index (Phi) is 4.23. The van der Waals surface area contributed by atoms with Crippen LogP contribution in [-0.4, -0.2) is 21.1 Å². The van der Waals surface area contributed by atoms with Gasteiger partial charge < -0.3 is 5.73 Å². The van der Waals surface area contributed by atoms with Crippen LogP contribution in [0, 0.1) is 11.3 Å². The first-order chi connectivity index (χ1) is 8.63. The summed E-state index contributed by atoms with van der Waals surface area (Å²) in [6.45, 7) is -1.71. The van der Waals surface area contributed by atoms with Crippen LogP contribution in [0.3, 0.4) is 0 Å². The van der Waals surface area contributed by atoms with Crippen molar-refractivity contribution < 1.29 is 21.6 Å². The van der Waals surface area contributed by atoms with E-state index in [0.717, 1.165) is 0 Å². The Morgan fingerprint density at radius 2 is 2.00 bits per heavy atom. The lowest BCUT2D eigenvalue weighted by molar-refractivity contribution is -0.121. The summed E-state index contributed by atoms with van der Waals surface area (Å²) in [5.74, 6) is 0. The molecule has 0 aliphatic heterocycles. The fraction of sp³-hybridized carbons (Fsp3) is 0.222. The SMILES string of the molecule is N#Cc1cc(N)ccc1NS(=O)(=O)NCC(F)(F)F. The molecule has 0 atom stereocenters. The maximum Gasteiger partial charge on any atom is 0.402 e. The number of nitriles is 1. The van der Waals surface area contributed by atoms with E-state index in [4.69, 9.17) is 11.0 Å². The Hall–Kier alpha value is -1.99. The molecule has 0 spiro atoms. The first-order valence-corrected chi connectivity index (χ1v) is 6.25. The van der Waals surface area contributed by atoms with Gasteiger partial charge in [-0.05, 0) is 18.2 Å². The van der Waals surface area contributed by atoms with Gasteiger partial charge in [-0.25, -0.2) is 0 Å². The number of nitrogen functional groups attached to an aromatic ring is 1. The lowest BCUT2D eigenvalue weighted by Gasteiger charge is -2.12. The second kappa shape index (κ2) is 5.33. The van der Waals surface area contributed by atoms with Crippen molar-refractivity contribution >= 4 is 21.6 Å². The van der Waals surface area contributed by atoms with E-state index in [-0.39, 0.29) is 16.9 Å². The molecule has 0 saturated heterocycles. The predicted molar refractivity (Wildman–Crippen MR) is 62.2 cm³/mol. The standard InChI is InChI=1S/C9H9F3N4O2S/c10-9(11,12)5-15-19(17,18)16-8-2-1-7(14)3-6(8)4-13/h1-3,15-16H,5,14H2. The summed E-state index contributed by atoms with van der Waals surface area (Å²) >= 11 is 0. The van der Waals surface area contributed by atoms with Gasteiger partial charge in [0.25, 0.3) is 10.2 Å². The van der Waals surface area contributed by atoms with Gasteiger partial charge in [0.15, 0.2) is 0 Å². The summed E-state index contributed by atoms with van der Waals surface area (Å²) in [7, 11) is -4.43. The van der Waals surface area contributed by atoms with Gasteiger partial charge >= 0.3 is 6.18 Å². The Morgan fingerprint density at radius 1 is 1.37 bits per heavy atom. The van der Waals surface area contributed by atoms with Crippen LogP contribution in [-0.2, 0) is 10.2 Å². The minimum absolute atomic E-state index is 0.0996. The van der Waals surface area contributed by atoms with E-state index >= 15 is 0 Å². The third-order valence-corrected chi connectivity index (χ3v) is 2.88. The monoisotopic (exact) mass is 294 g/mol. The molecule has 0 aromatic heterocycles. The van der Waals surface area contributed by atoms with E-state index in [2.05, 4.69) is 0 Å². The van der Waals surface area contributed by atoms with Crippen molar-refractivity contribution in [2.45, 2.75) is 6.18 Å². The first-order valence-electron chi connectivity index (χ1n) is 4.77. The third-order valence-electron chi connectivity index (χ3n) is 1.87. The summed E-state index contributed by atoms with van der Waals surface area (Å²) in [4.78, 5) is 0. The number of hydrogen-bond acceptors (Lipinski definition) is 4. The molecule has 10 heteroatoms. The zero-order chi connectivity index (χ0) is 14.7. The normalized spacial score (nSPS) is 11.9. The molecule has 0 amide bonds. The average Bonchev–Trinajstić information content (AvgIpc) is 2.28. The zero-order valence-corrected chi connectivity index (χ0v) is 10.1. The largest absolute Gasteiger partial charge is 0.402 e. The van der Waals surface area contributed by atoms with Crippen molar-refractivity contribution in [1.82, 2.24) is 4.72 Å². The van der Waals surface area contributed by atoms with Crippen LogP contribution in [0.1, 0.15) is 5.56 Å². The summed E-state index contributed by atoms with van der Waals surface area (Å²) in [5.41, 5.74) is 5.35. The van der Waals surface area contributed by atoms with Crippen LogP contribution in [0.25, 0.3) is 0 Å². The number of benzene rings is 1. The number of nitrogens with zero attached hydrogens (tertiary/aromatic N) is 1. The molecule has 0 saturated carbocycles. The molecule has 19 heavy (non-hydrogen) atoms. The third kappa shape index (κ3) is 5.02. The minimum atomic E-state index is -4.67. The van der Waals surface area contributed by atoms with Crippen LogP contribution < -0.4 is 15.2 Å². The highest BCUT2D eigenvalue weighted by Crippen LogP contribution is 2.19. The molecule has 0 aliphatic rings. The van der Waals surface area contributed by atoms with E-state index in [1.807, 2.05) is 4.72 Å². The smallest absolute Gasteiger partial charge is 0.399 e. The van der Waals surface area contributed by atoms with Crippen molar-refractivity contribution in [2.75, 3.05) is 17.0 Å². The molecule has 6 nitrogen and oxygen atoms in total. The van der Waals surface area contributed by atoms with E-state index in [1.165, 1.54) is 22.9 Å². The maximum atomic E-state index is 11.9. The van der Waals surface area contributed by atoms with Gasteiger partial charge in [-0.3, -0.25) is 4.72 Å². The summed E-state index contributed by atoms with van der Waals surface area (Å²) < 4.78 is 61.5. The number of nitrogens with one attached hydrogen (secondary N) is 2. The highest BCUT2D eigenvalue weighted by molar-refractivity contribution is 7.90. The molecule has 104 valence electrons. The molecular weight excluding hydrogens is 285 g/mol. The molecule has 1 aromatic carbocycles. The quantitative estimate of drug-likeness (QED) is 0.718. The molecule has 0 unspecified atom stereocenters. The number of hydrogen-bond donors (Lipinski definition) is 3. The van der Waals surface area contributed by atoms with Crippen LogP contribution >= 0.6 is 0 Å². The molecule has 1 rings (SSSR count). The Balaban J connectivity index is 2.88. The van der Waals surface area contributed by atoms with Gasteiger partial charge in [-0.2, -0.15) is 31.6 Å². The van der Waals surface area contributed by atoms with E-state index < -0.39 is 22.9 Å². The van der Waals surface area contributed by atoms with Gasteiger partial charge in [0.1, 0.15) is 12.6 Å². The van der Waals surface area contributed by atoms with Crippen molar-refractivity contribution in [1.29, 1.82) is 5.26 Å². The Bertz CT molecular complexity index is 607.